The van der Waals surface area contributed by atoms with Gasteiger partial charge in [-0.1, -0.05) is 0 Å². The molecule has 1 heterocycles. The number of hydrogen-bond acceptors (Lipinski definition) is 3. The molecule has 3 N–H and O–H groups in total. The van der Waals surface area contributed by atoms with Crippen LogP contribution in [0.3, 0.4) is 0 Å². The molecule has 1 aliphatic heterocycles. The molecule has 0 aromatic heterocycles. The Labute approximate surface area is 108 Å². The summed E-state index contributed by atoms with van der Waals surface area (Å²) in [6, 6.07) is -0.317. The number of rotatable bonds is 6. The Morgan fingerprint density at radius 1 is 1.33 bits per heavy atom. The van der Waals surface area contributed by atoms with E-state index in [1.54, 1.807) is 13.8 Å². The normalized spacial score (nSPS) is 20.1. The predicted octanol–water partition coefficient (Wildman–Crippen LogP) is 0.992. The standard InChI is InChI=1S/C13H24N2O3/c1-9(13(17)18)10(2)15-12(16)4-3-11-5-7-14-8-6-11/h9-11,14H,3-8H2,1-2H3,(H,15,16)(H,17,18). The fraction of sp³-hybridized carbons (Fsp3) is 0.846. The minimum absolute atomic E-state index is 0.0332. The first-order valence-corrected chi connectivity index (χ1v) is 6.73. The Kier molecular flexibility index (Phi) is 6.12. The number of hydrogen-bond donors (Lipinski definition) is 3. The van der Waals surface area contributed by atoms with Gasteiger partial charge in [-0.2, -0.15) is 0 Å². The number of carbonyl (C=O) groups excluding carboxylic acids is 1. The minimum Gasteiger partial charge on any atom is -0.481 e. The Balaban J connectivity index is 2.22. The highest BCUT2D eigenvalue weighted by Gasteiger charge is 2.21. The van der Waals surface area contributed by atoms with Gasteiger partial charge in [-0.25, -0.2) is 0 Å². The zero-order valence-electron chi connectivity index (χ0n) is 11.2. The van der Waals surface area contributed by atoms with Gasteiger partial charge < -0.3 is 15.7 Å². The van der Waals surface area contributed by atoms with E-state index in [4.69, 9.17) is 5.11 Å². The number of nitrogens with one attached hydrogen (secondary N) is 2. The van der Waals surface area contributed by atoms with Gasteiger partial charge in [0.15, 0.2) is 0 Å². The largest absolute Gasteiger partial charge is 0.481 e. The van der Waals surface area contributed by atoms with Gasteiger partial charge in [0.25, 0.3) is 0 Å². The summed E-state index contributed by atoms with van der Waals surface area (Å²) in [4.78, 5) is 22.5. The molecule has 0 spiro atoms. The SMILES string of the molecule is CC(NC(=O)CCC1CCNCC1)C(C)C(=O)O. The monoisotopic (exact) mass is 256 g/mol. The Hall–Kier alpha value is -1.10. The Morgan fingerprint density at radius 3 is 2.50 bits per heavy atom. The van der Waals surface area contributed by atoms with E-state index in [9.17, 15) is 9.59 Å². The average Bonchev–Trinajstić information content (AvgIpc) is 2.36. The molecule has 2 atom stereocenters. The average molecular weight is 256 g/mol. The number of carboxylic acid groups (broad SMARTS) is 1. The van der Waals surface area contributed by atoms with Crippen molar-refractivity contribution in [1.82, 2.24) is 10.6 Å². The lowest BCUT2D eigenvalue weighted by molar-refractivity contribution is -0.142. The highest BCUT2D eigenvalue weighted by molar-refractivity contribution is 5.77. The summed E-state index contributed by atoms with van der Waals surface area (Å²) < 4.78 is 0. The summed E-state index contributed by atoms with van der Waals surface area (Å²) in [5.41, 5.74) is 0. The van der Waals surface area contributed by atoms with Crippen molar-refractivity contribution in [2.75, 3.05) is 13.1 Å². The fourth-order valence-electron chi connectivity index (χ4n) is 2.17. The molecule has 5 nitrogen and oxygen atoms in total. The van der Waals surface area contributed by atoms with Gasteiger partial charge in [0.05, 0.1) is 5.92 Å². The molecular weight excluding hydrogens is 232 g/mol. The number of carbonyl (C=O) groups is 2. The molecular formula is C13H24N2O3. The molecule has 1 rings (SSSR count). The van der Waals surface area contributed by atoms with Gasteiger partial charge >= 0.3 is 5.97 Å². The molecule has 1 fully saturated rings. The fourth-order valence-corrected chi connectivity index (χ4v) is 2.17. The maximum atomic E-state index is 11.7. The molecule has 1 saturated heterocycles. The van der Waals surface area contributed by atoms with Gasteiger partial charge in [-0.05, 0) is 52.1 Å². The zero-order valence-corrected chi connectivity index (χ0v) is 11.2. The molecule has 18 heavy (non-hydrogen) atoms. The van der Waals surface area contributed by atoms with E-state index in [1.165, 1.54) is 0 Å². The smallest absolute Gasteiger partial charge is 0.308 e. The van der Waals surface area contributed by atoms with Crippen molar-refractivity contribution in [3.63, 3.8) is 0 Å². The summed E-state index contributed by atoms with van der Waals surface area (Å²) in [6.45, 7) is 5.43. The summed E-state index contributed by atoms with van der Waals surface area (Å²) in [5, 5.41) is 14.9. The highest BCUT2D eigenvalue weighted by atomic mass is 16.4. The molecule has 5 heteroatoms. The van der Waals surface area contributed by atoms with Gasteiger partial charge in [-0.15, -0.1) is 0 Å². The molecule has 1 aliphatic rings. The summed E-state index contributed by atoms with van der Waals surface area (Å²) >= 11 is 0. The van der Waals surface area contributed by atoms with Crippen LogP contribution >= 0.6 is 0 Å². The van der Waals surface area contributed by atoms with E-state index in [1.807, 2.05) is 0 Å². The molecule has 104 valence electrons. The lowest BCUT2D eigenvalue weighted by Crippen LogP contribution is -2.40. The van der Waals surface area contributed by atoms with E-state index >= 15 is 0 Å². The van der Waals surface area contributed by atoms with E-state index in [-0.39, 0.29) is 11.9 Å². The van der Waals surface area contributed by atoms with E-state index in [0.717, 1.165) is 32.4 Å². The maximum absolute atomic E-state index is 11.7. The van der Waals surface area contributed by atoms with Crippen LogP contribution in [0.15, 0.2) is 0 Å². The molecule has 0 aromatic rings. The van der Waals surface area contributed by atoms with Crippen molar-refractivity contribution < 1.29 is 14.7 Å². The van der Waals surface area contributed by atoms with Crippen LogP contribution in [0.2, 0.25) is 0 Å². The Bertz CT molecular complexity index is 288. The molecule has 0 bridgehead atoms. The summed E-state index contributed by atoms with van der Waals surface area (Å²) in [7, 11) is 0. The van der Waals surface area contributed by atoms with Crippen molar-refractivity contribution in [2.24, 2.45) is 11.8 Å². The summed E-state index contributed by atoms with van der Waals surface area (Å²) in [6.07, 6.45) is 3.67. The molecule has 0 aliphatic carbocycles. The number of piperidine rings is 1. The van der Waals surface area contributed by atoms with Crippen molar-refractivity contribution >= 4 is 11.9 Å². The van der Waals surface area contributed by atoms with Crippen LogP contribution in [0.25, 0.3) is 0 Å². The van der Waals surface area contributed by atoms with Crippen LogP contribution in [0, 0.1) is 11.8 Å². The van der Waals surface area contributed by atoms with Crippen molar-refractivity contribution in [2.45, 2.75) is 45.6 Å². The number of carboxylic acids is 1. The topological polar surface area (TPSA) is 78.4 Å². The number of aliphatic carboxylic acids is 1. The second kappa shape index (κ2) is 7.36. The predicted molar refractivity (Wildman–Crippen MR) is 69.2 cm³/mol. The second-order valence-electron chi connectivity index (χ2n) is 5.22. The number of amides is 1. The first kappa shape index (κ1) is 15.0. The highest BCUT2D eigenvalue weighted by Crippen LogP contribution is 2.17. The lowest BCUT2D eigenvalue weighted by atomic mass is 9.93. The quantitative estimate of drug-likeness (QED) is 0.662. The van der Waals surface area contributed by atoms with Crippen LogP contribution in [0.1, 0.15) is 39.5 Å². The molecule has 0 saturated carbocycles. The molecule has 1 amide bonds. The third-order valence-corrected chi connectivity index (χ3v) is 3.77. The van der Waals surface area contributed by atoms with Crippen molar-refractivity contribution in [3.8, 4) is 0 Å². The van der Waals surface area contributed by atoms with Crippen LogP contribution in [0.4, 0.5) is 0 Å². The first-order chi connectivity index (χ1) is 8.50. The molecule has 0 aromatic carbocycles. The molecule has 2 unspecified atom stereocenters. The van der Waals surface area contributed by atoms with Crippen LogP contribution in [0.5, 0.6) is 0 Å². The van der Waals surface area contributed by atoms with Gasteiger partial charge in [0.2, 0.25) is 5.91 Å². The minimum atomic E-state index is -0.874. The van der Waals surface area contributed by atoms with E-state index in [2.05, 4.69) is 10.6 Å². The van der Waals surface area contributed by atoms with Crippen LogP contribution in [-0.4, -0.2) is 36.1 Å². The Morgan fingerprint density at radius 2 is 1.94 bits per heavy atom. The van der Waals surface area contributed by atoms with Crippen LogP contribution in [-0.2, 0) is 9.59 Å². The van der Waals surface area contributed by atoms with Gasteiger partial charge in [-0.3, -0.25) is 9.59 Å². The van der Waals surface area contributed by atoms with Crippen molar-refractivity contribution in [3.05, 3.63) is 0 Å². The van der Waals surface area contributed by atoms with Crippen LogP contribution < -0.4 is 10.6 Å². The lowest BCUT2D eigenvalue weighted by Gasteiger charge is -2.23. The van der Waals surface area contributed by atoms with Gasteiger partial charge in [0.1, 0.15) is 0 Å². The first-order valence-electron chi connectivity index (χ1n) is 6.73. The zero-order chi connectivity index (χ0) is 13.5. The molecule has 0 radical (unpaired) electrons. The van der Waals surface area contributed by atoms with Gasteiger partial charge in [0, 0.05) is 12.5 Å². The summed E-state index contributed by atoms with van der Waals surface area (Å²) in [5.74, 6) is -0.827. The maximum Gasteiger partial charge on any atom is 0.308 e. The second-order valence-corrected chi connectivity index (χ2v) is 5.22. The van der Waals surface area contributed by atoms with E-state index in [0.29, 0.717) is 12.3 Å². The van der Waals surface area contributed by atoms with E-state index < -0.39 is 11.9 Å². The third kappa shape index (κ3) is 5.04. The van der Waals surface area contributed by atoms with Crippen molar-refractivity contribution in [1.29, 1.82) is 0 Å². The third-order valence-electron chi connectivity index (χ3n) is 3.77.